The SMILES string of the molecule is Cc1ccccc1N(CC(=O)N1CCC(NC(=O)c2occc2C)CC1)S(C)(=O)=O. The van der Waals surface area contributed by atoms with Crippen molar-refractivity contribution in [3.05, 3.63) is 53.5 Å². The lowest BCUT2D eigenvalue weighted by Crippen LogP contribution is -2.49. The first-order valence-electron chi connectivity index (χ1n) is 9.83. The summed E-state index contributed by atoms with van der Waals surface area (Å²) in [7, 11) is -3.61. The number of benzene rings is 1. The molecule has 2 amide bonds. The molecule has 0 saturated carbocycles. The zero-order chi connectivity index (χ0) is 21.9. The highest BCUT2D eigenvalue weighted by Gasteiger charge is 2.29. The number of aryl methyl sites for hydroxylation is 2. The first kappa shape index (κ1) is 21.9. The highest BCUT2D eigenvalue weighted by Crippen LogP contribution is 2.22. The summed E-state index contributed by atoms with van der Waals surface area (Å²) in [5.74, 6) is -0.212. The second-order valence-corrected chi connectivity index (χ2v) is 9.52. The summed E-state index contributed by atoms with van der Waals surface area (Å²) in [6.07, 6.45) is 3.78. The van der Waals surface area contributed by atoms with Crippen molar-refractivity contribution in [2.45, 2.75) is 32.7 Å². The lowest BCUT2D eigenvalue weighted by atomic mass is 10.0. The van der Waals surface area contributed by atoms with Crippen LogP contribution in [0, 0.1) is 13.8 Å². The predicted molar refractivity (Wildman–Crippen MR) is 114 cm³/mol. The predicted octanol–water partition coefficient (Wildman–Crippen LogP) is 2.08. The minimum absolute atomic E-state index is 0.0616. The van der Waals surface area contributed by atoms with Gasteiger partial charge >= 0.3 is 0 Å². The molecule has 9 heteroatoms. The summed E-state index contributed by atoms with van der Waals surface area (Å²) in [5, 5.41) is 2.94. The third-order valence-corrected chi connectivity index (χ3v) is 6.44. The van der Waals surface area contributed by atoms with Crippen molar-refractivity contribution >= 4 is 27.5 Å². The molecule has 3 rings (SSSR count). The third-order valence-electron chi connectivity index (χ3n) is 5.31. The molecule has 0 bridgehead atoms. The van der Waals surface area contributed by atoms with Crippen LogP contribution in [-0.2, 0) is 14.8 Å². The van der Waals surface area contributed by atoms with E-state index in [0.29, 0.717) is 37.4 Å². The number of carbonyl (C=O) groups excluding carboxylic acids is 2. The van der Waals surface area contributed by atoms with E-state index in [1.807, 2.05) is 26.0 Å². The molecule has 1 aromatic carbocycles. The molecule has 1 fully saturated rings. The lowest BCUT2D eigenvalue weighted by Gasteiger charge is -2.34. The van der Waals surface area contributed by atoms with Crippen molar-refractivity contribution in [1.82, 2.24) is 10.2 Å². The number of nitrogens with one attached hydrogen (secondary N) is 1. The lowest BCUT2D eigenvalue weighted by molar-refractivity contribution is -0.130. The largest absolute Gasteiger partial charge is 0.459 e. The van der Waals surface area contributed by atoms with E-state index < -0.39 is 10.0 Å². The summed E-state index contributed by atoms with van der Waals surface area (Å²) in [6.45, 7) is 4.28. The van der Waals surface area contributed by atoms with Gasteiger partial charge in [-0.05, 0) is 44.4 Å². The molecule has 2 heterocycles. The van der Waals surface area contributed by atoms with E-state index in [0.717, 1.165) is 21.7 Å². The van der Waals surface area contributed by atoms with E-state index >= 15 is 0 Å². The maximum atomic E-state index is 12.8. The number of rotatable bonds is 6. The topological polar surface area (TPSA) is 99.9 Å². The number of piperidine rings is 1. The Morgan fingerprint density at radius 3 is 2.37 bits per heavy atom. The Morgan fingerprint density at radius 2 is 1.80 bits per heavy atom. The first-order valence-corrected chi connectivity index (χ1v) is 11.7. The van der Waals surface area contributed by atoms with Gasteiger partial charge < -0.3 is 14.6 Å². The Kier molecular flexibility index (Phi) is 6.50. The number of nitrogens with zero attached hydrogens (tertiary/aromatic N) is 2. The van der Waals surface area contributed by atoms with Crippen LogP contribution in [0.1, 0.15) is 34.5 Å². The molecule has 162 valence electrons. The molecule has 0 spiro atoms. The van der Waals surface area contributed by atoms with Gasteiger partial charge in [-0.25, -0.2) is 8.42 Å². The van der Waals surface area contributed by atoms with E-state index in [4.69, 9.17) is 4.42 Å². The summed E-state index contributed by atoms with van der Waals surface area (Å²) in [6, 6.07) is 8.76. The Hall–Kier alpha value is -2.81. The molecule has 1 aliphatic rings. The molecular formula is C21H27N3O5S. The zero-order valence-corrected chi connectivity index (χ0v) is 18.2. The monoisotopic (exact) mass is 433 g/mol. The van der Waals surface area contributed by atoms with Gasteiger partial charge in [0.05, 0.1) is 18.2 Å². The number of carbonyl (C=O) groups is 2. The summed E-state index contributed by atoms with van der Waals surface area (Å²) in [4.78, 5) is 26.8. The summed E-state index contributed by atoms with van der Waals surface area (Å²) >= 11 is 0. The molecule has 8 nitrogen and oxygen atoms in total. The van der Waals surface area contributed by atoms with Crippen LogP contribution in [0.2, 0.25) is 0 Å². The number of anilines is 1. The van der Waals surface area contributed by atoms with Crippen LogP contribution in [-0.4, -0.2) is 57.1 Å². The van der Waals surface area contributed by atoms with Crippen LogP contribution in [0.4, 0.5) is 5.69 Å². The van der Waals surface area contributed by atoms with Gasteiger partial charge in [0.25, 0.3) is 5.91 Å². The molecule has 1 N–H and O–H groups in total. The van der Waals surface area contributed by atoms with Crippen molar-refractivity contribution in [2.75, 3.05) is 30.2 Å². The summed E-state index contributed by atoms with van der Waals surface area (Å²) in [5.41, 5.74) is 2.06. The van der Waals surface area contributed by atoms with Crippen molar-refractivity contribution in [3.63, 3.8) is 0 Å². The Bertz CT molecular complexity index is 1020. The zero-order valence-electron chi connectivity index (χ0n) is 17.4. The normalized spacial score (nSPS) is 15.1. The van der Waals surface area contributed by atoms with Gasteiger partial charge in [0, 0.05) is 24.7 Å². The molecule has 0 aliphatic carbocycles. The van der Waals surface area contributed by atoms with E-state index in [1.54, 1.807) is 23.1 Å². The van der Waals surface area contributed by atoms with Crippen LogP contribution in [0.25, 0.3) is 0 Å². The minimum atomic E-state index is -3.61. The first-order chi connectivity index (χ1) is 14.2. The third kappa shape index (κ3) is 5.02. The van der Waals surface area contributed by atoms with E-state index in [-0.39, 0.29) is 24.4 Å². The Morgan fingerprint density at radius 1 is 1.13 bits per heavy atom. The van der Waals surface area contributed by atoms with Gasteiger partial charge in [0.2, 0.25) is 15.9 Å². The van der Waals surface area contributed by atoms with Crippen molar-refractivity contribution < 1.29 is 22.4 Å². The Balaban J connectivity index is 1.60. The van der Waals surface area contributed by atoms with Crippen LogP contribution < -0.4 is 9.62 Å². The van der Waals surface area contributed by atoms with Gasteiger partial charge in [-0.15, -0.1) is 0 Å². The molecule has 0 atom stereocenters. The molecule has 0 unspecified atom stereocenters. The second-order valence-electron chi connectivity index (χ2n) is 7.62. The number of likely N-dealkylation sites (tertiary alicyclic amines) is 1. The van der Waals surface area contributed by atoms with E-state index in [9.17, 15) is 18.0 Å². The fourth-order valence-electron chi connectivity index (χ4n) is 3.58. The van der Waals surface area contributed by atoms with Crippen molar-refractivity contribution in [3.8, 4) is 0 Å². The average molecular weight is 434 g/mol. The summed E-state index contributed by atoms with van der Waals surface area (Å²) < 4.78 is 31.0. The Labute approximate surface area is 176 Å². The standard InChI is InChI=1S/C21H27N3O5S/c1-15-6-4-5-7-18(15)24(30(3,27)28)14-19(25)23-11-8-17(9-12-23)22-21(26)20-16(2)10-13-29-20/h4-7,10,13,17H,8-9,11-12,14H2,1-3H3,(H,22,26). The van der Waals surface area contributed by atoms with Gasteiger partial charge in [0.1, 0.15) is 6.54 Å². The molecule has 2 aromatic rings. The molecule has 1 saturated heterocycles. The quantitative estimate of drug-likeness (QED) is 0.752. The number of furan rings is 1. The van der Waals surface area contributed by atoms with Gasteiger partial charge in [-0.3, -0.25) is 13.9 Å². The average Bonchev–Trinajstić information content (AvgIpc) is 3.12. The van der Waals surface area contributed by atoms with E-state index in [1.165, 1.54) is 6.26 Å². The maximum Gasteiger partial charge on any atom is 0.287 e. The van der Waals surface area contributed by atoms with Crippen LogP contribution >= 0.6 is 0 Å². The molecule has 30 heavy (non-hydrogen) atoms. The fourth-order valence-corrected chi connectivity index (χ4v) is 4.48. The maximum absolute atomic E-state index is 12.8. The highest BCUT2D eigenvalue weighted by atomic mass is 32.2. The van der Waals surface area contributed by atoms with Crippen LogP contribution in [0.15, 0.2) is 41.0 Å². The van der Waals surface area contributed by atoms with Gasteiger partial charge in [-0.2, -0.15) is 0 Å². The molecule has 1 aliphatic heterocycles. The molecular weight excluding hydrogens is 406 g/mol. The minimum Gasteiger partial charge on any atom is -0.459 e. The second kappa shape index (κ2) is 8.91. The molecule has 1 aromatic heterocycles. The fraction of sp³-hybridized carbons (Fsp3) is 0.429. The van der Waals surface area contributed by atoms with Crippen molar-refractivity contribution in [1.29, 1.82) is 0 Å². The number of hydrogen-bond donors (Lipinski definition) is 1. The number of para-hydroxylation sites is 1. The molecule has 0 radical (unpaired) electrons. The highest BCUT2D eigenvalue weighted by molar-refractivity contribution is 7.92. The van der Waals surface area contributed by atoms with Gasteiger partial charge in [-0.1, -0.05) is 18.2 Å². The van der Waals surface area contributed by atoms with Crippen molar-refractivity contribution in [2.24, 2.45) is 0 Å². The van der Waals surface area contributed by atoms with Gasteiger partial charge in [0.15, 0.2) is 5.76 Å². The van der Waals surface area contributed by atoms with Crippen LogP contribution in [0.5, 0.6) is 0 Å². The number of amides is 2. The smallest absolute Gasteiger partial charge is 0.287 e. The van der Waals surface area contributed by atoms with Crippen LogP contribution in [0.3, 0.4) is 0 Å². The van der Waals surface area contributed by atoms with E-state index in [2.05, 4.69) is 5.32 Å². The number of hydrogen-bond acceptors (Lipinski definition) is 5. The number of sulfonamides is 1.